The third kappa shape index (κ3) is 3.57. The summed E-state index contributed by atoms with van der Waals surface area (Å²) in [6, 6.07) is 17.8. The fraction of sp³-hybridized carbons (Fsp3) is 0.188. The van der Waals surface area contributed by atoms with Gasteiger partial charge in [0.1, 0.15) is 0 Å². The van der Waals surface area contributed by atoms with Crippen LogP contribution in [-0.4, -0.2) is 0 Å². The Kier molecular flexibility index (Phi) is 4.57. The maximum absolute atomic E-state index is 8.90. The standard InChI is InChI=1S/C16H15ClN2/c1-12(14-7-4-5-13(9-14)10-18)19-11-15-6-2-3-8-16(15)17/h2-9,12,19H,11H2,1H3. The molecule has 0 fully saturated rings. The number of nitrogens with zero attached hydrogens (tertiary/aromatic N) is 1. The fourth-order valence-electron chi connectivity index (χ4n) is 1.90. The lowest BCUT2D eigenvalue weighted by Gasteiger charge is -2.15. The molecule has 96 valence electrons. The van der Waals surface area contributed by atoms with Crippen molar-refractivity contribution in [2.45, 2.75) is 19.5 Å². The van der Waals surface area contributed by atoms with E-state index in [1.165, 1.54) is 0 Å². The number of rotatable bonds is 4. The molecule has 0 heterocycles. The molecule has 0 saturated carbocycles. The van der Waals surface area contributed by atoms with Gasteiger partial charge in [0.25, 0.3) is 0 Å². The normalized spacial score (nSPS) is 11.8. The SMILES string of the molecule is CC(NCc1ccccc1Cl)c1cccc(C#N)c1. The van der Waals surface area contributed by atoms with Gasteiger partial charge < -0.3 is 5.32 Å². The van der Waals surface area contributed by atoms with Crippen molar-refractivity contribution < 1.29 is 0 Å². The van der Waals surface area contributed by atoms with Crippen molar-refractivity contribution in [2.24, 2.45) is 0 Å². The van der Waals surface area contributed by atoms with E-state index in [1.807, 2.05) is 48.5 Å². The van der Waals surface area contributed by atoms with Gasteiger partial charge in [-0.2, -0.15) is 5.26 Å². The third-order valence-electron chi connectivity index (χ3n) is 3.07. The van der Waals surface area contributed by atoms with Crippen molar-refractivity contribution >= 4 is 11.6 Å². The summed E-state index contributed by atoms with van der Waals surface area (Å²) in [5, 5.41) is 13.1. The highest BCUT2D eigenvalue weighted by Crippen LogP contribution is 2.18. The van der Waals surface area contributed by atoms with Crippen LogP contribution in [0.4, 0.5) is 0 Å². The fourth-order valence-corrected chi connectivity index (χ4v) is 2.10. The number of benzene rings is 2. The first kappa shape index (κ1) is 13.6. The second-order valence-electron chi connectivity index (χ2n) is 4.43. The lowest BCUT2D eigenvalue weighted by molar-refractivity contribution is 0.574. The van der Waals surface area contributed by atoms with Crippen molar-refractivity contribution in [3.63, 3.8) is 0 Å². The number of nitriles is 1. The molecule has 19 heavy (non-hydrogen) atoms. The summed E-state index contributed by atoms with van der Waals surface area (Å²) >= 11 is 6.12. The summed E-state index contributed by atoms with van der Waals surface area (Å²) in [6.07, 6.45) is 0. The van der Waals surface area contributed by atoms with Crippen LogP contribution in [0.5, 0.6) is 0 Å². The van der Waals surface area contributed by atoms with Crippen LogP contribution < -0.4 is 5.32 Å². The Hall–Kier alpha value is -1.82. The number of nitrogens with one attached hydrogen (secondary N) is 1. The predicted octanol–water partition coefficient (Wildman–Crippen LogP) is 4.06. The predicted molar refractivity (Wildman–Crippen MR) is 77.9 cm³/mol. The van der Waals surface area contributed by atoms with E-state index < -0.39 is 0 Å². The number of hydrogen-bond donors (Lipinski definition) is 1. The molecule has 0 aliphatic carbocycles. The third-order valence-corrected chi connectivity index (χ3v) is 3.44. The van der Waals surface area contributed by atoms with Gasteiger partial charge in [-0.25, -0.2) is 0 Å². The zero-order valence-corrected chi connectivity index (χ0v) is 11.5. The van der Waals surface area contributed by atoms with Crippen molar-refractivity contribution in [3.05, 3.63) is 70.2 Å². The zero-order valence-electron chi connectivity index (χ0n) is 10.7. The molecule has 1 unspecified atom stereocenters. The quantitative estimate of drug-likeness (QED) is 0.909. The Morgan fingerprint density at radius 1 is 1.21 bits per heavy atom. The molecule has 2 aromatic carbocycles. The van der Waals surface area contributed by atoms with Crippen LogP contribution in [-0.2, 0) is 6.54 Å². The molecule has 0 saturated heterocycles. The molecule has 0 aromatic heterocycles. The van der Waals surface area contributed by atoms with Crippen molar-refractivity contribution in [1.29, 1.82) is 5.26 Å². The van der Waals surface area contributed by atoms with E-state index in [0.717, 1.165) is 16.1 Å². The van der Waals surface area contributed by atoms with Crippen molar-refractivity contribution in [2.75, 3.05) is 0 Å². The summed E-state index contributed by atoms with van der Waals surface area (Å²) in [7, 11) is 0. The highest BCUT2D eigenvalue weighted by molar-refractivity contribution is 6.31. The molecule has 2 nitrogen and oxygen atoms in total. The Balaban J connectivity index is 2.03. The van der Waals surface area contributed by atoms with Crippen LogP contribution in [0, 0.1) is 11.3 Å². The van der Waals surface area contributed by atoms with Gasteiger partial charge in [-0.3, -0.25) is 0 Å². The van der Waals surface area contributed by atoms with E-state index >= 15 is 0 Å². The maximum Gasteiger partial charge on any atom is 0.0991 e. The smallest absolute Gasteiger partial charge is 0.0991 e. The molecule has 3 heteroatoms. The maximum atomic E-state index is 8.90. The van der Waals surface area contributed by atoms with Gasteiger partial charge in [-0.1, -0.05) is 41.9 Å². The minimum absolute atomic E-state index is 0.171. The first-order valence-corrected chi connectivity index (χ1v) is 6.55. The number of halogens is 1. The Bertz CT molecular complexity index is 602. The van der Waals surface area contributed by atoms with Gasteiger partial charge in [0, 0.05) is 17.6 Å². The number of hydrogen-bond acceptors (Lipinski definition) is 2. The van der Waals surface area contributed by atoms with Crippen LogP contribution >= 0.6 is 11.6 Å². The van der Waals surface area contributed by atoms with E-state index in [0.29, 0.717) is 12.1 Å². The summed E-state index contributed by atoms with van der Waals surface area (Å²) in [5.41, 5.74) is 2.86. The molecular weight excluding hydrogens is 256 g/mol. The zero-order chi connectivity index (χ0) is 13.7. The average Bonchev–Trinajstić information content (AvgIpc) is 2.46. The van der Waals surface area contributed by atoms with E-state index in [-0.39, 0.29) is 6.04 Å². The van der Waals surface area contributed by atoms with Crippen LogP contribution in [0.1, 0.15) is 29.7 Å². The van der Waals surface area contributed by atoms with Crippen LogP contribution in [0.3, 0.4) is 0 Å². The Morgan fingerprint density at radius 3 is 2.74 bits per heavy atom. The summed E-state index contributed by atoms with van der Waals surface area (Å²) < 4.78 is 0. The van der Waals surface area contributed by atoms with E-state index in [4.69, 9.17) is 16.9 Å². The second-order valence-corrected chi connectivity index (χ2v) is 4.84. The molecule has 2 aromatic rings. The van der Waals surface area contributed by atoms with Crippen LogP contribution in [0.15, 0.2) is 48.5 Å². The monoisotopic (exact) mass is 270 g/mol. The topological polar surface area (TPSA) is 35.8 Å². The highest BCUT2D eigenvalue weighted by atomic mass is 35.5. The van der Waals surface area contributed by atoms with Gasteiger partial charge in [0.2, 0.25) is 0 Å². The first-order valence-electron chi connectivity index (χ1n) is 6.17. The van der Waals surface area contributed by atoms with Gasteiger partial charge in [-0.15, -0.1) is 0 Å². The van der Waals surface area contributed by atoms with Gasteiger partial charge >= 0.3 is 0 Å². The van der Waals surface area contributed by atoms with Crippen LogP contribution in [0.2, 0.25) is 5.02 Å². The summed E-state index contributed by atoms with van der Waals surface area (Å²) in [6.45, 7) is 2.78. The molecule has 0 bridgehead atoms. The molecule has 0 radical (unpaired) electrons. The minimum atomic E-state index is 0.171. The second kappa shape index (κ2) is 6.38. The molecule has 0 spiro atoms. The van der Waals surface area contributed by atoms with Crippen molar-refractivity contribution in [3.8, 4) is 6.07 Å². The van der Waals surface area contributed by atoms with E-state index in [1.54, 1.807) is 0 Å². The lowest BCUT2D eigenvalue weighted by atomic mass is 10.1. The average molecular weight is 271 g/mol. The molecule has 0 aliphatic heterocycles. The molecule has 1 N–H and O–H groups in total. The molecule has 2 rings (SSSR count). The minimum Gasteiger partial charge on any atom is -0.306 e. The Labute approximate surface area is 118 Å². The largest absolute Gasteiger partial charge is 0.306 e. The molecule has 0 amide bonds. The molecule has 1 atom stereocenters. The van der Waals surface area contributed by atoms with E-state index in [9.17, 15) is 0 Å². The summed E-state index contributed by atoms with van der Waals surface area (Å²) in [5.74, 6) is 0. The summed E-state index contributed by atoms with van der Waals surface area (Å²) in [4.78, 5) is 0. The van der Waals surface area contributed by atoms with Gasteiger partial charge in [0.05, 0.1) is 11.6 Å². The van der Waals surface area contributed by atoms with Gasteiger partial charge in [-0.05, 0) is 36.2 Å². The van der Waals surface area contributed by atoms with Crippen LogP contribution in [0.25, 0.3) is 0 Å². The molecular formula is C16H15ClN2. The lowest BCUT2D eigenvalue weighted by Crippen LogP contribution is -2.18. The molecule has 0 aliphatic rings. The first-order chi connectivity index (χ1) is 9.20. The Morgan fingerprint density at radius 2 is 2.00 bits per heavy atom. The van der Waals surface area contributed by atoms with E-state index in [2.05, 4.69) is 18.3 Å². The highest BCUT2D eigenvalue weighted by Gasteiger charge is 2.06. The van der Waals surface area contributed by atoms with Crippen molar-refractivity contribution in [1.82, 2.24) is 5.32 Å². The van der Waals surface area contributed by atoms with Gasteiger partial charge in [0.15, 0.2) is 0 Å².